The van der Waals surface area contributed by atoms with Gasteiger partial charge in [-0.05, 0) is 63.3 Å². The number of carbonyl (C=O) groups is 1. The fourth-order valence-corrected chi connectivity index (χ4v) is 5.53. The highest BCUT2D eigenvalue weighted by Gasteiger charge is 2.57. The number of benzene rings is 2. The van der Waals surface area contributed by atoms with E-state index in [1.165, 1.54) is 5.56 Å². The van der Waals surface area contributed by atoms with E-state index in [0.717, 1.165) is 48.1 Å². The Hall–Kier alpha value is -2.79. The smallest absolute Gasteiger partial charge is 0.254 e. The van der Waals surface area contributed by atoms with E-state index in [1.54, 1.807) is 0 Å². The van der Waals surface area contributed by atoms with Gasteiger partial charge in [0.25, 0.3) is 5.91 Å². The number of rotatable bonds is 4. The van der Waals surface area contributed by atoms with Crippen LogP contribution in [0.3, 0.4) is 0 Å². The Morgan fingerprint density at radius 3 is 2.53 bits per heavy atom. The lowest BCUT2D eigenvalue weighted by molar-refractivity contribution is 0.0571. The first kappa shape index (κ1) is 19.2. The Balaban J connectivity index is 1.46. The second kappa shape index (κ2) is 7.17. The normalized spacial score (nSPS) is 25.2. The standard InChI is InChI=1S/C25H27N3O2/c1-16-17(2)27-22-12-19(8-10-21(22)26-16)24(30)28-20-9-11-23(28)25(14-20,15-29)13-18-6-4-3-5-7-18/h3-8,10,12,20,23,29H,9,11,13-15H2,1-2H3/t20-,23+,25-/m0/s1. The summed E-state index contributed by atoms with van der Waals surface area (Å²) in [6.45, 7) is 3.99. The van der Waals surface area contributed by atoms with Crippen molar-refractivity contribution in [2.24, 2.45) is 5.41 Å². The van der Waals surface area contributed by atoms with Crippen LogP contribution in [0, 0.1) is 19.3 Å². The summed E-state index contributed by atoms with van der Waals surface area (Å²) in [6.07, 6.45) is 3.63. The first-order valence-electron chi connectivity index (χ1n) is 10.7. The van der Waals surface area contributed by atoms with Crippen molar-refractivity contribution < 1.29 is 9.90 Å². The van der Waals surface area contributed by atoms with Crippen LogP contribution in [0.25, 0.3) is 11.0 Å². The van der Waals surface area contributed by atoms with Gasteiger partial charge in [-0.15, -0.1) is 0 Å². The minimum atomic E-state index is -0.260. The Morgan fingerprint density at radius 1 is 1.07 bits per heavy atom. The minimum Gasteiger partial charge on any atom is -0.396 e. The van der Waals surface area contributed by atoms with E-state index in [4.69, 9.17) is 0 Å². The van der Waals surface area contributed by atoms with E-state index in [0.29, 0.717) is 5.56 Å². The molecule has 3 heterocycles. The summed E-state index contributed by atoms with van der Waals surface area (Å²) in [7, 11) is 0. The fraction of sp³-hybridized carbons (Fsp3) is 0.400. The summed E-state index contributed by atoms with van der Waals surface area (Å²) in [4.78, 5) is 24.8. The fourth-order valence-electron chi connectivity index (χ4n) is 5.53. The molecule has 0 spiro atoms. The molecule has 30 heavy (non-hydrogen) atoms. The number of aliphatic hydroxyl groups is 1. The number of amides is 1. The van der Waals surface area contributed by atoms with Crippen molar-refractivity contribution in [2.45, 2.75) is 51.6 Å². The first-order valence-corrected chi connectivity index (χ1v) is 10.7. The van der Waals surface area contributed by atoms with Gasteiger partial charge in [-0.2, -0.15) is 0 Å². The molecule has 2 bridgehead atoms. The Labute approximate surface area is 176 Å². The van der Waals surface area contributed by atoms with Gasteiger partial charge in [0.1, 0.15) is 0 Å². The number of fused-ring (bicyclic) bond motifs is 3. The Bertz CT molecular complexity index is 1110. The molecular weight excluding hydrogens is 374 g/mol. The lowest BCUT2D eigenvalue weighted by atomic mass is 9.70. The molecule has 1 N–H and O–H groups in total. The van der Waals surface area contributed by atoms with Gasteiger partial charge in [0.2, 0.25) is 0 Å². The van der Waals surface area contributed by atoms with Crippen LogP contribution in [0.4, 0.5) is 0 Å². The van der Waals surface area contributed by atoms with E-state index >= 15 is 0 Å². The molecule has 2 aliphatic rings. The molecule has 5 heteroatoms. The summed E-state index contributed by atoms with van der Waals surface area (Å²) in [5.74, 6) is 0.0489. The lowest BCUT2D eigenvalue weighted by Gasteiger charge is -2.36. The molecule has 2 aromatic carbocycles. The summed E-state index contributed by atoms with van der Waals surface area (Å²) in [5, 5.41) is 10.4. The third kappa shape index (κ3) is 3.00. The van der Waals surface area contributed by atoms with Gasteiger partial charge in [0, 0.05) is 23.1 Å². The number of aryl methyl sites for hydroxylation is 2. The number of aromatic nitrogens is 2. The number of carbonyl (C=O) groups excluding carboxylic acids is 1. The maximum absolute atomic E-state index is 13.6. The number of hydrogen-bond acceptors (Lipinski definition) is 4. The molecule has 2 fully saturated rings. The molecule has 0 radical (unpaired) electrons. The molecule has 0 unspecified atom stereocenters. The number of aliphatic hydroxyl groups excluding tert-OH is 1. The summed E-state index contributed by atoms with van der Waals surface area (Å²) in [5.41, 5.74) is 4.98. The maximum atomic E-state index is 13.6. The van der Waals surface area contributed by atoms with Crippen LogP contribution in [0.5, 0.6) is 0 Å². The second-order valence-corrected chi connectivity index (χ2v) is 8.94. The lowest BCUT2D eigenvalue weighted by Crippen LogP contribution is -2.43. The summed E-state index contributed by atoms with van der Waals surface area (Å²) >= 11 is 0. The van der Waals surface area contributed by atoms with E-state index in [1.807, 2.05) is 50.2 Å². The van der Waals surface area contributed by atoms with Crippen LogP contribution in [0.15, 0.2) is 48.5 Å². The van der Waals surface area contributed by atoms with Crippen LogP contribution in [0.1, 0.15) is 46.6 Å². The first-order chi connectivity index (χ1) is 14.5. The van der Waals surface area contributed by atoms with Crippen molar-refractivity contribution in [3.63, 3.8) is 0 Å². The molecular formula is C25H27N3O2. The van der Waals surface area contributed by atoms with Gasteiger partial charge in [-0.25, -0.2) is 9.97 Å². The average molecular weight is 402 g/mol. The second-order valence-electron chi connectivity index (χ2n) is 8.94. The van der Waals surface area contributed by atoms with Crippen LogP contribution >= 0.6 is 0 Å². The highest BCUT2D eigenvalue weighted by Crippen LogP contribution is 2.51. The van der Waals surface area contributed by atoms with Crippen LogP contribution in [0.2, 0.25) is 0 Å². The molecule has 2 saturated heterocycles. The molecule has 2 aliphatic heterocycles. The van der Waals surface area contributed by atoms with Gasteiger partial charge in [0.05, 0.1) is 29.0 Å². The van der Waals surface area contributed by atoms with Crippen LogP contribution in [-0.4, -0.2) is 44.6 Å². The molecule has 1 amide bonds. The van der Waals surface area contributed by atoms with Crippen molar-refractivity contribution in [2.75, 3.05) is 6.61 Å². The Kier molecular flexibility index (Phi) is 4.58. The molecule has 3 atom stereocenters. The molecule has 5 rings (SSSR count). The van der Waals surface area contributed by atoms with E-state index < -0.39 is 0 Å². The van der Waals surface area contributed by atoms with Crippen molar-refractivity contribution in [1.29, 1.82) is 0 Å². The topological polar surface area (TPSA) is 66.3 Å². The SMILES string of the molecule is Cc1nc2ccc(C(=O)N3[C@H]4CC[C@@H]3[C@@](CO)(Cc3ccccc3)C4)cc2nc1C. The van der Waals surface area contributed by atoms with Crippen LogP contribution < -0.4 is 0 Å². The third-order valence-electron chi connectivity index (χ3n) is 7.12. The maximum Gasteiger partial charge on any atom is 0.254 e. The molecule has 0 saturated carbocycles. The zero-order chi connectivity index (χ0) is 20.9. The van der Waals surface area contributed by atoms with Gasteiger partial charge in [-0.3, -0.25) is 4.79 Å². The molecule has 0 aliphatic carbocycles. The van der Waals surface area contributed by atoms with Gasteiger partial charge < -0.3 is 10.0 Å². The Morgan fingerprint density at radius 2 is 1.80 bits per heavy atom. The summed E-state index contributed by atoms with van der Waals surface area (Å²) < 4.78 is 0. The van der Waals surface area contributed by atoms with Crippen molar-refractivity contribution in [3.05, 3.63) is 71.0 Å². The zero-order valence-electron chi connectivity index (χ0n) is 17.5. The summed E-state index contributed by atoms with van der Waals surface area (Å²) in [6, 6.07) is 16.2. The number of nitrogens with zero attached hydrogens (tertiary/aromatic N) is 3. The van der Waals surface area contributed by atoms with Gasteiger partial charge in [-0.1, -0.05) is 30.3 Å². The molecule has 5 nitrogen and oxygen atoms in total. The van der Waals surface area contributed by atoms with Crippen LogP contribution in [-0.2, 0) is 6.42 Å². The van der Waals surface area contributed by atoms with Crippen molar-refractivity contribution in [1.82, 2.24) is 14.9 Å². The average Bonchev–Trinajstić information content (AvgIpc) is 3.30. The third-order valence-corrected chi connectivity index (χ3v) is 7.12. The van der Waals surface area contributed by atoms with Gasteiger partial charge >= 0.3 is 0 Å². The van der Waals surface area contributed by atoms with Crippen molar-refractivity contribution in [3.8, 4) is 0 Å². The van der Waals surface area contributed by atoms with E-state index in [2.05, 4.69) is 27.0 Å². The quantitative estimate of drug-likeness (QED) is 0.721. The zero-order valence-corrected chi connectivity index (χ0v) is 17.5. The molecule has 1 aromatic heterocycles. The van der Waals surface area contributed by atoms with Crippen molar-refractivity contribution >= 4 is 16.9 Å². The predicted molar refractivity (Wildman–Crippen MR) is 116 cm³/mol. The predicted octanol–water partition coefficient (Wildman–Crippen LogP) is 3.84. The van der Waals surface area contributed by atoms with Gasteiger partial charge in [0.15, 0.2) is 0 Å². The number of hydrogen-bond donors (Lipinski definition) is 1. The minimum absolute atomic E-state index is 0.0489. The molecule has 154 valence electrons. The highest BCUT2D eigenvalue weighted by molar-refractivity contribution is 5.98. The van der Waals surface area contributed by atoms with E-state index in [9.17, 15) is 9.90 Å². The molecule has 3 aromatic rings. The highest BCUT2D eigenvalue weighted by atomic mass is 16.3. The largest absolute Gasteiger partial charge is 0.396 e. The van der Waals surface area contributed by atoms with E-state index in [-0.39, 0.29) is 30.0 Å². The monoisotopic (exact) mass is 401 g/mol.